The van der Waals surface area contributed by atoms with E-state index in [1.807, 2.05) is 0 Å². The van der Waals surface area contributed by atoms with Crippen LogP contribution < -0.4 is 10.1 Å². The summed E-state index contributed by atoms with van der Waals surface area (Å²) in [5.74, 6) is -0.693. The van der Waals surface area contributed by atoms with Crippen molar-refractivity contribution < 1.29 is 33.2 Å². The SMILES string of the molecule is O=C=C1C[S+]([O-])[C@H]2C(NC(=O)COc3ccccc3)C(=O)N2C1C(=O)OCC(Cl)(Cl)Cl. The number of hydrogen-bond acceptors (Lipinski definition) is 7. The first kappa shape index (κ1) is 23.7. The number of nitrogens with one attached hydrogen (secondary N) is 1. The Balaban J connectivity index is 1.67. The highest BCUT2D eigenvalue weighted by atomic mass is 35.6. The van der Waals surface area contributed by atoms with Crippen molar-refractivity contribution in [3.8, 4) is 5.75 Å². The van der Waals surface area contributed by atoms with Crippen LogP contribution in [-0.2, 0) is 35.1 Å². The highest BCUT2D eigenvalue weighted by Crippen LogP contribution is 2.37. The zero-order valence-electron chi connectivity index (χ0n) is 15.6. The molecule has 0 bridgehead atoms. The summed E-state index contributed by atoms with van der Waals surface area (Å²) in [7, 11) is 0. The summed E-state index contributed by atoms with van der Waals surface area (Å²) >= 11 is 14.9. The minimum Gasteiger partial charge on any atom is -0.614 e. The maximum Gasteiger partial charge on any atom is 0.334 e. The smallest absolute Gasteiger partial charge is 0.334 e. The van der Waals surface area contributed by atoms with Gasteiger partial charge >= 0.3 is 5.97 Å². The van der Waals surface area contributed by atoms with Crippen LogP contribution in [0.3, 0.4) is 0 Å². The number of carbonyl (C=O) groups is 3. The number of carbonyl (C=O) groups excluding carboxylic acids is 4. The van der Waals surface area contributed by atoms with Crippen molar-refractivity contribution in [3.05, 3.63) is 35.9 Å². The van der Waals surface area contributed by atoms with Crippen LogP contribution >= 0.6 is 34.8 Å². The molecule has 2 heterocycles. The first-order chi connectivity index (χ1) is 14.6. The molecule has 4 atom stereocenters. The molecule has 9 nitrogen and oxygen atoms in total. The lowest BCUT2D eigenvalue weighted by Gasteiger charge is -2.51. The number of amides is 2. The molecule has 2 aliphatic rings. The molecule has 0 aliphatic carbocycles. The summed E-state index contributed by atoms with van der Waals surface area (Å²) in [6.45, 7) is -0.993. The molecule has 1 N–H and O–H groups in total. The predicted octanol–water partition coefficient (Wildman–Crippen LogP) is 0.521. The molecule has 2 saturated heterocycles. The van der Waals surface area contributed by atoms with Crippen LogP contribution in [0.1, 0.15) is 0 Å². The quantitative estimate of drug-likeness (QED) is 0.195. The van der Waals surface area contributed by atoms with E-state index >= 15 is 0 Å². The van der Waals surface area contributed by atoms with Crippen molar-refractivity contribution in [3.63, 3.8) is 0 Å². The number of para-hydroxylation sites is 1. The van der Waals surface area contributed by atoms with Crippen molar-refractivity contribution in [2.75, 3.05) is 19.0 Å². The number of fused-ring (bicyclic) bond motifs is 1. The third-order valence-corrected chi connectivity index (χ3v) is 6.38. The average molecular weight is 510 g/mol. The fraction of sp³-hybridized carbons (Fsp3) is 0.389. The molecule has 2 fully saturated rings. The van der Waals surface area contributed by atoms with Gasteiger partial charge in [-0.25, -0.2) is 9.59 Å². The van der Waals surface area contributed by atoms with E-state index in [2.05, 4.69) is 5.32 Å². The summed E-state index contributed by atoms with van der Waals surface area (Å²) in [6.07, 6.45) is 0. The summed E-state index contributed by atoms with van der Waals surface area (Å²) in [5, 5.41) is 1.41. The van der Waals surface area contributed by atoms with Crippen molar-refractivity contribution in [1.82, 2.24) is 10.2 Å². The summed E-state index contributed by atoms with van der Waals surface area (Å²) < 4.78 is 20.8. The highest BCUT2D eigenvalue weighted by molar-refractivity contribution is 7.92. The first-order valence-corrected chi connectivity index (χ1v) is 11.3. The Morgan fingerprint density at radius 3 is 2.58 bits per heavy atom. The van der Waals surface area contributed by atoms with Gasteiger partial charge in [0.05, 0.1) is 5.57 Å². The normalized spacial score (nSPS) is 25.1. The molecule has 3 unspecified atom stereocenters. The van der Waals surface area contributed by atoms with Gasteiger partial charge in [-0.3, -0.25) is 14.5 Å². The van der Waals surface area contributed by atoms with E-state index in [4.69, 9.17) is 44.3 Å². The van der Waals surface area contributed by atoms with Crippen molar-refractivity contribution in [2.45, 2.75) is 21.3 Å². The number of esters is 1. The molecule has 2 aliphatic heterocycles. The van der Waals surface area contributed by atoms with Crippen molar-refractivity contribution in [2.24, 2.45) is 0 Å². The number of ether oxygens (including phenoxy) is 2. The highest BCUT2D eigenvalue weighted by Gasteiger charge is 2.63. The monoisotopic (exact) mass is 508 g/mol. The third-order valence-electron chi connectivity index (χ3n) is 4.42. The maximum absolute atomic E-state index is 12.6. The van der Waals surface area contributed by atoms with Crippen LogP contribution in [0, 0.1) is 0 Å². The second-order valence-electron chi connectivity index (χ2n) is 6.56. The van der Waals surface area contributed by atoms with E-state index in [1.54, 1.807) is 30.3 Å². The molecular weight excluding hydrogens is 495 g/mol. The van der Waals surface area contributed by atoms with Gasteiger partial charge in [0.2, 0.25) is 9.17 Å². The van der Waals surface area contributed by atoms with Crippen LogP contribution in [0.25, 0.3) is 0 Å². The average Bonchev–Trinajstić information content (AvgIpc) is 2.73. The Morgan fingerprint density at radius 1 is 1.29 bits per heavy atom. The van der Waals surface area contributed by atoms with Gasteiger partial charge in [-0.15, -0.1) is 0 Å². The van der Waals surface area contributed by atoms with E-state index < -0.39 is 56.8 Å². The van der Waals surface area contributed by atoms with Crippen LogP contribution in [-0.4, -0.2) is 73.4 Å². The zero-order chi connectivity index (χ0) is 22.8. The van der Waals surface area contributed by atoms with Crippen LogP contribution in [0.4, 0.5) is 0 Å². The fourth-order valence-corrected chi connectivity index (χ4v) is 4.94. The van der Waals surface area contributed by atoms with Gasteiger partial charge in [-0.05, 0) is 23.3 Å². The summed E-state index contributed by atoms with van der Waals surface area (Å²) in [5.41, 5.74) is -0.227. The van der Waals surface area contributed by atoms with Gasteiger partial charge in [0, 0.05) is 0 Å². The Labute approximate surface area is 194 Å². The number of hydrogen-bond donors (Lipinski definition) is 1. The largest absolute Gasteiger partial charge is 0.614 e. The number of benzene rings is 1. The Morgan fingerprint density at radius 2 is 1.97 bits per heavy atom. The minimum absolute atomic E-state index is 0.227. The second kappa shape index (κ2) is 9.68. The first-order valence-electron chi connectivity index (χ1n) is 8.76. The lowest BCUT2D eigenvalue weighted by molar-refractivity contribution is -0.163. The molecule has 1 aromatic carbocycles. The summed E-state index contributed by atoms with van der Waals surface area (Å²) in [4.78, 5) is 49.5. The molecule has 0 radical (unpaired) electrons. The Bertz CT molecular complexity index is 920. The van der Waals surface area contributed by atoms with Gasteiger partial charge < -0.3 is 19.3 Å². The van der Waals surface area contributed by atoms with Gasteiger partial charge in [0.1, 0.15) is 24.1 Å². The number of nitrogens with zero attached hydrogens (tertiary/aromatic N) is 1. The number of halogens is 3. The van der Waals surface area contributed by atoms with E-state index in [0.29, 0.717) is 5.75 Å². The fourth-order valence-electron chi connectivity index (χ4n) is 3.11. The molecule has 3 rings (SSSR count). The van der Waals surface area contributed by atoms with Crippen LogP contribution in [0.2, 0.25) is 0 Å². The van der Waals surface area contributed by atoms with E-state index in [-0.39, 0.29) is 17.9 Å². The van der Waals surface area contributed by atoms with E-state index in [9.17, 15) is 23.7 Å². The molecule has 13 heteroatoms. The number of rotatable bonds is 6. The molecule has 0 spiro atoms. The predicted molar refractivity (Wildman–Crippen MR) is 112 cm³/mol. The molecule has 2 amide bonds. The lowest BCUT2D eigenvalue weighted by atomic mass is 9.98. The Kier molecular flexibility index (Phi) is 7.41. The molecule has 31 heavy (non-hydrogen) atoms. The van der Waals surface area contributed by atoms with Gasteiger partial charge in [-0.2, -0.15) is 0 Å². The second-order valence-corrected chi connectivity index (χ2v) is 10.6. The number of β-lactam (4-membered cyclic amide) rings is 1. The van der Waals surface area contributed by atoms with Crippen molar-refractivity contribution >= 4 is 69.7 Å². The van der Waals surface area contributed by atoms with E-state index in [1.165, 1.54) is 5.94 Å². The third kappa shape index (κ3) is 5.46. The lowest BCUT2D eigenvalue weighted by Crippen LogP contribution is -2.79. The molecule has 0 aromatic heterocycles. The molecule has 1 aromatic rings. The topological polar surface area (TPSA) is 125 Å². The molecule has 0 saturated carbocycles. The van der Waals surface area contributed by atoms with Crippen molar-refractivity contribution in [1.29, 1.82) is 0 Å². The van der Waals surface area contributed by atoms with Gasteiger partial charge in [0.15, 0.2) is 18.7 Å². The summed E-state index contributed by atoms with van der Waals surface area (Å²) in [6, 6.07) is 5.93. The molecular formula is C18H15Cl3N2O7S. The minimum atomic E-state index is -1.90. The van der Waals surface area contributed by atoms with E-state index in [0.717, 1.165) is 4.90 Å². The van der Waals surface area contributed by atoms with Crippen LogP contribution in [0.5, 0.6) is 5.75 Å². The Hall–Kier alpha value is -1.94. The molecule has 166 valence electrons. The maximum atomic E-state index is 12.6. The zero-order valence-corrected chi connectivity index (χ0v) is 18.7. The van der Waals surface area contributed by atoms with Gasteiger partial charge in [0.25, 0.3) is 11.8 Å². The standard InChI is InChI=1S/C18H15Cl3N2O7S/c19-18(20,21)9-30-17(27)14-10(6-24)8-31(28)16-13(15(26)23(14)16)22-12(25)7-29-11-4-2-1-3-5-11/h1-5,13-14,16H,7-9H2,(H,22,25)/t13?,14?,16-,31?/m0/s1. The van der Waals surface area contributed by atoms with Crippen LogP contribution in [0.15, 0.2) is 35.9 Å². The van der Waals surface area contributed by atoms with Gasteiger partial charge in [-0.1, -0.05) is 53.0 Å². The number of alkyl halides is 3.